The Labute approximate surface area is 140 Å². The van der Waals surface area contributed by atoms with E-state index in [1.807, 2.05) is 41.2 Å². The molecule has 0 unspecified atom stereocenters. The zero-order valence-electron chi connectivity index (χ0n) is 13.1. The second kappa shape index (κ2) is 6.75. The van der Waals surface area contributed by atoms with Gasteiger partial charge in [0, 0.05) is 28.5 Å². The predicted octanol–water partition coefficient (Wildman–Crippen LogP) is 4.63. The summed E-state index contributed by atoms with van der Waals surface area (Å²) in [5.41, 5.74) is 4.92. The zero-order valence-corrected chi connectivity index (χ0v) is 13.8. The molecule has 5 heteroatoms. The van der Waals surface area contributed by atoms with Crippen molar-refractivity contribution < 1.29 is 0 Å². The van der Waals surface area contributed by atoms with Crippen LogP contribution in [-0.2, 0) is 6.54 Å². The average molecular weight is 325 g/mol. The van der Waals surface area contributed by atoms with E-state index in [9.17, 15) is 0 Å². The molecule has 0 fully saturated rings. The number of benzene rings is 1. The van der Waals surface area contributed by atoms with Crippen molar-refractivity contribution in [1.29, 1.82) is 0 Å². The van der Waals surface area contributed by atoms with E-state index in [2.05, 4.69) is 29.9 Å². The summed E-state index contributed by atoms with van der Waals surface area (Å²) in [5.74, 6) is 0. The fourth-order valence-electron chi connectivity index (χ4n) is 2.28. The molecule has 0 saturated heterocycles. The van der Waals surface area contributed by atoms with Crippen molar-refractivity contribution >= 4 is 11.6 Å². The number of aromatic nitrogens is 4. The van der Waals surface area contributed by atoms with Gasteiger partial charge in [-0.1, -0.05) is 35.4 Å². The van der Waals surface area contributed by atoms with Crippen LogP contribution >= 0.6 is 11.6 Å². The van der Waals surface area contributed by atoms with Crippen molar-refractivity contribution in [3.05, 3.63) is 65.7 Å². The molecule has 0 spiro atoms. The fraction of sp³-hybridized carbons (Fsp3) is 0.167. The molecule has 2 heterocycles. The van der Waals surface area contributed by atoms with Crippen molar-refractivity contribution in [2.45, 2.75) is 20.4 Å². The SMILES string of the molecule is CC(C)=CCn1cc(-c2ccncn2)c(-c2cccc(Cl)c2)n1. The van der Waals surface area contributed by atoms with Crippen LogP contribution in [0.2, 0.25) is 5.02 Å². The first-order valence-electron chi connectivity index (χ1n) is 7.36. The van der Waals surface area contributed by atoms with Gasteiger partial charge in [-0.05, 0) is 32.0 Å². The molecule has 116 valence electrons. The lowest BCUT2D eigenvalue weighted by molar-refractivity contribution is 0.701. The Kier molecular flexibility index (Phi) is 4.53. The molecule has 23 heavy (non-hydrogen) atoms. The summed E-state index contributed by atoms with van der Waals surface area (Å²) in [6.45, 7) is 4.88. The minimum Gasteiger partial charge on any atom is -0.268 e. The maximum atomic E-state index is 6.13. The summed E-state index contributed by atoms with van der Waals surface area (Å²) in [5, 5.41) is 5.41. The number of hydrogen-bond donors (Lipinski definition) is 0. The van der Waals surface area contributed by atoms with Crippen molar-refractivity contribution in [2.75, 3.05) is 0 Å². The lowest BCUT2D eigenvalue weighted by Crippen LogP contribution is -1.96. The average Bonchev–Trinajstić information content (AvgIpc) is 2.98. The van der Waals surface area contributed by atoms with Crippen LogP contribution in [0.3, 0.4) is 0 Å². The Morgan fingerprint density at radius 2 is 2.13 bits per heavy atom. The number of halogens is 1. The molecular weight excluding hydrogens is 308 g/mol. The number of allylic oxidation sites excluding steroid dienone is 2. The number of rotatable bonds is 4. The van der Waals surface area contributed by atoms with Crippen LogP contribution in [0.5, 0.6) is 0 Å². The van der Waals surface area contributed by atoms with Gasteiger partial charge in [-0.25, -0.2) is 9.97 Å². The normalized spacial score (nSPS) is 10.6. The van der Waals surface area contributed by atoms with Crippen LogP contribution in [-0.4, -0.2) is 19.7 Å². The second-order valence-electron chi connectivity index (χ2n) is 5.50. The zero-order chi connectivity index (χ0) is 16.2. The van der Waals surface area contributed by atoms with Gasteiger partial charge in [0.15, 0.2) is 0 Å². The van der Waals surface area contributed by atoms with Crippen molar-refractivity contribution in [3.63, 3.8) is 0 Å². The maximum Gasteiger partial charge on any atom is 0.116 e. The van der Waals surface area contributed by atoms with Gasteiger partial charge in [-0.2, -0.15) is 5.10 Å². The Morgan fingerprint density at radius 3 is 2.83 bits per heavy atom. The molecule has 3 aromatic rings. The molecule has 0 N–H and O–H groups in total. The van der Waals surface area contributed by atoms with Crippen molar-refractivity contribution in [3.8, 4) is 22.5 Å². The summed E-state index contributed by atoms with van der Waals surface area (Å²) < 4.78 is 1.92. The van der Waals surface area contributed by atoms with Gasteiger partial charge in [0.25, 0.3) is 0 Å². The van der Waals surface area contributed by atoms with Crippen molar-refractivity contribution in [1.82, 2.24) is 19.7 Å². The standard InChI is InChI=1S/C18H17ClN4/c1-13(2)7-9-23-11-16(17-6-8-20-12-21-17)18(22-23)14-4-3-5-15(19)10-14/h3-8,10-12H,9H2,1-2H3. The highest BCUT2D eigenvalue weighted by Gasteiger charge is 2.14. The molecule has 2 aromatic heterocycles. The van der Waals surface area contributed by atoms with Gasteiger partial charge >= 0.3 is 0 Å². The van der Waals surface area contributed by atoms with Crippen LogP contribution in [0.4, 0.5) is 0 Å². The van der Waals surface area contributed by atoms with E-state index in [0.717, 1.165) is 29.1 Å². The molecule has 0 atom stereocenters. The molecule has 4 nitrogen and oxygen atoms in total. The lowest BCUT2D eigenvalue weighted by Gasteiger charge is -2.02. The maximum absolute atomic E-state index is 6.13. The van der Waals surface area contributed by atoms with Gasteiger partial charge in [-0.3, -0.25) is 4.68 Å². The van der Waals surface area contributed by atoms with Gasteiger partial charge in [0.05, 0.1) is 12.2 Å². The number of nitrogens with zero attached hydrogens (tertiary/aromatic N) is 4. The topological polar surface area (TPSA) is 43.6 Å². The lowest BCUT2D eigenvalue weighted by atomic mass is 10.1. The predicted molar refractivity (Wildman–Crippen MR) is 93.1 cm³/mol. The van der Waals surface area contributed by atoms with Crippen LogP contribution in [0.1, 0.15) is 13.8 Å². The first-order chi connectivity index (χ1) is 11.1. The Hall–Kier alpha value is -2.46. The summed E-state index contributed by atoms with van der Waals surface area (Å²) in [6.07, 6.45) is 7.43. The van der Waals surface area contributed by atoms with Gasteiger partial charge in [0.1, 0.15) is 12.0 Å². The smallest absolute Gasteiger partial charge is 0.116 e. The van der Waals surface area contributed by atoms with E-state index in [0.29, 0.717) is 5.02 Å². The van der Waals surface area contributed by atoms with E-state index in [-0.39, 0.29) is 0 Å². The van der Waals surface area contributed by atoms with Crippen LogP contribution in [0.15, 0.2) is 60.7 Å². The fourth-order valence-corrected chi connectivity index (χ4v) is 2.47. The largest absolute Gasteiger partial charge is 0.268 e. The highest BCUT2D eigenvalue weighted by atomic mass is 35.5. The van der Waals surface area contributed by atoms with Gasteiger partial charge < -0.3 is 0 Å². The Balaban J connectivity index is 2.11. The third kappa shape index (κ3) is 3.66. The summed E-state index contributed by atoms with van der Waals surface area (Å²) in [7, 11) is 0. The van der Waals surface area contributed by atoms with E-state index in [4.69, 9.17) is 16.7 Å². The summed E-state index contributed by atoms with van der Waals surface area (Å²) in [4.78, 5) is 8.34. The molecule has 1 aromatic carbocycles. The minimum absolute atomic E-state index is 0.690. The minimum atomic E-state index is 0.690. The van der Waals surface area contributed by atoms with E-state index >= 15 is 0 Å². The monoisotopic (exact) mass is 324 g/mol. The summed E-state index contributed by atoms with van der Waals surface area (Å²) >= 11 is 6.13. The third-order valence-corrected chi connectivity index (χ3v) is 3.64. The van der Waals surface area contributed by atoms with Gasteiger partial charge in [0.2, 0.25) is 0 Å². The molecule has 0 saturated carbocycles. The first kappa shape index (κ1) is 15.4. The molecule has 0 aliphatic heterocycles. The number of hydrogen-bond acceptors (Lipinski definition) is 3. The molecule has 0 amide bonds. The Morgan fingerprint density at radius 1 is 1.26 bits per heavy atom. The van der Waals surface area contributed by atoms with Crippen LogP contribution < -0.4 is 0 Å². The van der Waals surface area contributed by atoms with E-state index in [1.54, 1.807) is 12.5 Å². The molecule has 0 radical (unpaired) electrons. The second-order valence-corrected chi connectivity index (χ2v) is 5.94. The highest BCUT2D eigenvalue weighted by molar-refractivity contribution is 6.30. The van der Waals surface area contributed by atoms with E-state index < -0.39 is 0 Å². The van der Waals surface area contributed by atoms with E-state index in [1.165, 1.54) is 5.57 Å². The van der Waals surface area contributed by atoms with Crippen LogP contribution in [0.25, 0.3) is 22.5 Å². The third-order valence-electron chi connectivity index (χ3n) is 3.40. The van der Waals surface area contributed by atoms with Crippen molar-refractivity contribution in [2.24, 2.45) is 0 Å². The first-order valence-corrected chi connectivity index (χ1v) is 7.74. The highest BCUT2D eigenvalue weighted by Crippen LogP contribution is 2.30. The molecule has 0 aliphatic rings. The Bertz CT molecular complexity index is 833. The molecule has 0 bridgehead atoms. The van der Waals surface area contributed by atoms with Gasteiger partial charge in [-0.15, -0.1) is 0 Å². The quantitative estimate of drug-likeness (QED) is 0.657. The molecule has 0 aliphatic carbocycles. The van der Waals surface area contributed by atoms with Crippen LogP contribution in [0, 0.1) is 0 Å². The molecular formula is C18H17ClN4. The summed E-state index contributed by atoms with van der Waals surface area (Å²) in [6, 6.07) is 9.59. The molecule has 3 rings (SSSR count).